The van der Waals surface area contributed by atoms with Crippen LogP contribution in [0.15, 0.2) is 0 Å². The summed E-state index contributed by atoms with van der Waals surface area (Å²) in [7, 11) is 1.27. The first-order valence-electron chi connectivity index (χ1n) is 5.98. The van der Waals surface area contributed by atoms with Gasteiger partial charge in [0, 0.05) is 13.1 Å². The summed E-state index contributed by atoms with van der Waals surface area (Å²) in [5.41, 5.74) is -0.575. The van der Waals surface area contributed by atoms with Gasteiger partial charge in [0.15, 0.2) is 0 Å². The van der Waals surface area contributed by atoms with Crippen molar-refractivity contribution in [2.75, 3.05) is 20.2 Å². The van der Waals surface area contributed by atoms with Crippen molar-refractivity contribution in [3.8, 4) is 0 Å². The summed E-state index contributed by atoms with van der Waals surface area (Å²) in [5, 5.41) is 9.72. The lowest BCUT2D eigenvalue weighted by molar-refractivity contribution is -0.152. The molecule has 1 aliphatic heterocycles. The van der Waals surface area contributed by atoms with Crippen molar-refractivity contribution in [3.05, 3.63) is 0 Å². The molecule has 104 valence electrons. The van der Waals surface area contributed by atoms with Crippen LogP contribution in [0.5, 0.6) is 0 Å². The van der Waals surface area contributed by atoms with Crippen LogP contribution in [0.2, 0.25) is 0 Å². The van der Waals surface area contributed by atoms with Crippen molar-refractivity contribution in [2.45, 2.75) is 38.9 Å². The van der Waals surface area contributed by atoms with Gasteiger partial charge in [0.05, 0.1) is 13.2 Å². The molecule has 1 rings (SSSR count). The molecule has 1 heterocycles. The Bertz CT molecular complexity index is 323. The van der Waals surface area contributed by atoms with Gasteiger partial charge in [-0.15, -0.1) is 0 Å². The highest BCUT2D eigenvalue weighted by molar-refractivity contribution is 5.75. The number of hydrogen-bond donors (Lipinski definition) is 1. The third-order valence-corrected chi connectivity index (χ3v) is 2.73. The number of nitrogens with zero attached hydrogens (tertiary/aromatic N) is 1. The SMILES string of the molecule is COC(=O)[C@@H]1CN(C(=O)OC(C)(C)C)CC[C@@H]1O. The molecule has 1 amide bonds. The summed E-state index contributed by atoms with van der Waals surface area (Å²) >= 11 is 0. The van der Waals surface area contributed by atoms with E-state index in [2.05, 4.69) is 4.74 Å². The van der Waals surface area contributed by atoms with Crippen molar-refractivity contribution < 1.29 is 24.2 Å². The van der Waals surface area contributed by atoms with Crippen molar-refractivity contribution in [1.82, 2.24) is 4.90 Å². The van der Waals surface area contributed by atoms with Crippen LogP contribution in [0.1, 0.15) is 27.2 Å². The third-order valence-electron chi connectivity index (χ3n) is 2.73. The van der Waals surface area contributed by atoms with Gasteiger partial charge in [-0.25, -0.2) is 4.79 Å². The molecule has 1 saturated heterocycles. The van der Waals surface area contributed by atoms with Crippen LogP contribution < -0.4 is 0 Å². The van der Waals surface area contributed by atoms with E-state index in [4.69, 9.17) is 4.74 Å². The van der Waals surface area contributed by atoms with Gasteiger partial charge in [-0.05, 0) is 27.2 Å². The second-order valence-corrected chi connectivity index (χ2v) is 5.41. The fraction of sp³-hybridized carbons (Fsp3) is 0.833. The molecular weight excluding hydrogens is 238 g/mol. The van der Waals surface area contributed by atoms with Gasteiger partial charge >= 0.3 is 12.1 Å². The molecule has 0 saturated carbocycles. The molecule has 0 spiro atoms. The Balaban J connectivity index is 2.64. The van der Waals surface area contributed by atoms with E-state index in [-0.39, 0.29) is 6.54 Å². The third kappa shape index (κ3) is 3.87. The first kappa shape index (κ1) is 14.8. The number of hydrogen-bond acceptors (Lipinski definition) is 5. The quantitative estimate of drug-likeness (QED) is 0.704. The Hall–Kier alpha value is -1.30. The number of carbonyl (C=O) groups is 2. The molecule has 2 atom stereocenters. The average molecular weight is 259 g/mol. The zero-order valence-corrected chi connectivity index (χ0v) is 11.3. The molecule has 0 aromatic carbocycles. The highest BCUT2D eigenvalue weighted by atomic mass is 16.6. The lowest BCUT2D eigenvalue weighted by Crippen LogP contribution is -2.50. The van der Waals surface area contributed by atoms with E-state index in [1.807, 2.05) is 0 Å². The fourth-order valence-electron chi connectivity index (χ4n) is 1.81. The van der Waals surface area contributed by atoms with E-state index in [1.54, 1.807) is 20.8 Å². The number of carbonyl (C=O) groups excluding carboxylic acids is 2. The van der Waals surface area contributed by atoms with Crippen molar-refractivity contribution in [3.63, 3.8) is 0 Å². The molecular formula is C12H21NO5. The molecule has 0 unspecified atom stereocenters. The van der Waals surface area contributed by atoms with E-state index < -0.39 is 29.7 Å². The summed E-state index contributed by atoms with van der Waals surface area (Å²) in [6, 6.07) is 0. The van der Waals surface area contributed by atoms with E-state index in [1.165, 1.54) is 12.0 Å². The highest BCUT2D eigenvalue weighted by Gasteiger charge is 2.37. The normalized spacial score (nSPS) is 24.6. The standard InChI is InChI=1S/C12H21NO5/c1-12(2,3)18-11(16)13-6-5-9(14)8(7-13)10(15)17-4/h8-9,14H,5-7H2,1-4H3/t8-,9+/m1/s1. The molecule has 0 aromatic rings. The predicted molar refractivity (Wildman–Crippen MR) is 63.9 cm³/mol. The minimum atomic E-state index is -0.767. The fourth-order valence-corrected chi connectivity index (χ4v) is 1.81. The lowest BCUT2D eigenvalue weighted by Gasteiger charge is -2.35. The molecule has 1 fully saturated rings. The second-order valence-electron chi connectivity index (χ2n) is 5.41. The maximum Gasteiger partial charge on any atom is 0.410 e. The molecule has 0 aliphatic carbocycles. The van der Waals surface area contributed by atoms with Gasteiger partial charge in [0.25, 0.3) is 0 Å². The van der Waals surface area contributed by atoms with Crippen LogP contribution in [0.25, 0.3) is 0 Å². The highest BCUT2D eigenvalue weighted by Crippen LogP contribution is 2.20. The van der Waals surface area contributed by atoms with Crippen LogP contribution in [0, 0.1) is 5.92 Å². The van der Waals surface area contributed by atoms with Crippen LogP contribution in [0.3, 0.4) is 0 Å². The zero-order chi connectivity index (χ0) is 13.9. The number of esters is 1. The molecule has 6 nitrogen and oxygen atoms in total. The smallest absolute Gasteiger partial charge is 0.410 e. The van der Waals surface area contributed by atoms with Crippen LogP contribution >= 0.6 is 0 Å². The Labute approximate surface area is 107 Å². The Kier molecular flexibility index (Phi) is 4.56. The Morgan fingerprint density at radius 2 is 1.94 bits per heavy atom. The molecule has 1 N–H and O–H groups in total. The maximum absolute atomic E-state index is 11.8. The molecule has 0 aromatic heterocycles. The van der Waals surface area contributed by atoms with Crippen LogP contribution in [-0.2, 0) is 14.3 Å². The van der Waals surface area contributed by atoms with E-state index in [9.17, 15) is 14.7 Å². The van der Waals surface area contributed by atoms with Crippen molar-refractivity contribution in [1.29, 1.82) is 0 Å². The summed E-state index contributed by atoms with van der Waals surface area (Å²) < 4.78 is 9.84. The minimum Gasteiger partial charge on any atom is -0.469 e. The summed E-state index contributed by atoms with van der Waals surface area (Å²) in [4.78, 5) is 24.7. The number of ether oxygens (including phenoxy) is 2. The van der Waals surface area contributed by atoms with Gasteiger partial charge < -0.3 is 19.5 Å². The average Bonchev–Trinajstić information content (AvgIpc) is 2.26. The number of piperidine rings is 1. The molecule has 18 heavy (non-hydrogen) atoms. The molecule has 6 heteroatoms. The monoisotopic (exact) mass is 259 g/mol. The summed E-state index contributed by atoms with van der Waals surface area (Å²) in [5.74, 6) is -1.20. The number of aliphatic hydroxyl groups excluding tert-OH is 1. The van der Waals surface area contributed by atoms with Gasteiger partial charge in [-0.2, -0.15) is 0 Å². The molecule has 0 radical (unpaired) electrons. The van der Waals surface area contributed by atoms with E-state index >= 15 is 0 Å². The van der Waals surface area contributed by atoms with E-state index in [0.717, 1.165) is 0 Å². The first-order chi connectivity index (χ1) is 8.24. The van der Waals surface area contributed by atoms with Crippen molar-refractivity contribution in [2.24, 2.45) is 5.92 Å². The van der Waals surface area contributed by atoms with Gasteiger partial charge in [0.1, 0.15) is 11.5 Å². The zero-order valence-electron chi connectivity index (χ0n) is 11.3. The second kappa shape index (κ2) is 5.56. The van der Waals surface area contributed by atoms with Crippen LogP contribution in [0.4, 0.5) is 4.79 Å². The summed E-state index contributed by atoms with van der Waals surface area (Å²) in [6.07, 6.45) is -0.890. The summed E-state index contributed by atoms with van der Waals surface area (Å²) in [6.45, 7) is 5.84. The number of rotatable bonds is 1. The van der Waals surface area contributed by atoms with E-state index in [0.29, 0.717) is 13.0 Å². The van der Waals surface area contributed by atoms with Gasteiger partial charge in [-0.1, -0.05) is 0 Å². The molecule has 0 bridgehead atoms. The Morgan fingerprint density at radius 3 is 2.44 bits per heavy atom. The van der Waals surface area contributed by atoms with Crippen molar-refractivity contribution >= 4 is 12.1 Å². The number of likely N-dealkylation sites (tertiary alicyclic amines) is 1. The maximum atomic E-state index is 11.8. The minimum absolute atomic E-state index is 0.128. The predicted octanol–water partition coefficient (Wildman–Crippen LogP) is 0.777. The topological polar surface area (TPSA) is 76.1 Å². The molecule has 1 aliphatic rings. The number of amides is 1. The number of aliphatic hydroxyl groups is 1. The first-order valence-corrected chi connectivity index (χ1v) is 5.98. The van der Waals surface area contributed by atoms with Gasteiger partial charge in [0.2, 0.25) is 0 Å². The number of methoxy groups -OCH3 is 1. The largest absolute Gasteiger partial charge is 0.469 e. The lowest BCUT2D eigenvalue weighted by atomic mass is 9.95. The Morgan fingerprint density at radius 1 is 1.33 bits per heavy atom. The van der Waals surface area contributed by atoms with Gasteiger partial charge in [-0.3, -0.25) is 4.79 Å². The van der Waals surface area contributed by atoms with Crippen LogP contribution in [-0.4, -0.2) is 54.0 Å².